The molecule has 0 saturated carbocycles. The van der Waals surface area contributed by atoms with Crippen molar-refractivity contribution in [3.63, 3.8) is 0 Å². The van der Waals surface area contributed by atoms with Crippen LogP contribution < -0.4 is 0 Å². The van der Waals surface area contributed by atoms with E-state index in [2.05, 4.69) is 0 Å². The standard InChI is InChI=1S/C17H24O5S2/c1-10-15(8-23-13(4)21-11(2)18)6-7-17(20)16(10)9-24-14(5)22-12(3)19/h6-7,13-14,20H,8-9H2,1-5H3. The molecule has 0 spiro atoms. The summed E-state index contributed by atoms with van der Waals surface area (Å²) >= 11 is 2.97. The molecule has 24 heavy (non-hydrogen) atoms. The van der Waals surface area contributed by atoms with Crippen molar-refractivity contribution in [1.29, 1.82) is 0 Å². The minimum atomic E-state index is -0.319. The first-order valence-electron chi connectivity index (χ1n) is 7.58. The summed E-state index contributed by atoms with van der Waals surface area (Å²) in [5.41, 5.74) is 2.41. The number of rotatable bonds is 8. The van der Waals surface area contributed by atoms with Crippen LogP contribution in [-0.4, -0.2) is 27.9 Å². The summed E-state index contributed by atoms with van der Waals surface area (Å²) in [4.78, 5) is 21.9. The zero-order chi connectivity index (χ0) is 18.3. The molecule has 0 radical (unpaired) electrons. The lowest BCUT2D eigenvalue weighted by Gasteiger charge is -2.17. The van der Waals surface area contributed by atoms with E-state index in [4.69, 9.17) is 9.47 Å². The van der Waals surface area contributed by atoms with E-state index in [1.165, 1.54) is 37.4 Å². The molecule has 0 aliphatic rings. The van der Waals surface area contributed by atoms with E-state index in [0.717, 1.165) is 16.7 Å². The second-order valence-corrected chi connectivity index (χ2v) is 7.90. The lowest BCUT2D eigenvalue weighted by molar-refractivity contribution is -0.142. The van der Waals surface area contributed by atoms with Crippen molar-refractivity contribution < 1.29 is 24.2 Å². The molecule has 134 valence electrons. The predicted octanol–water partition coefficient (Wildman–Crippen LogP) is 3.99. The Hall–Kier alpha value is -1.34. The van der Waals surface area contributed by atoms with Crippen molar-refractivity contribution in [2.75, 3.05) is 0 Å². The molecular formula is C17H24O5S2. The van der Waals surface area contributed by atoms with E-state index in [-0.39, 0.29) is 28.6 Å². The Kier molecular flexibility index (Phi) is 8.48. The van der Waals surface area contributed by atoms with Crippen LogP contribution in [0.15, 0.2) is 12.1 Å². The maximum Gasteiger partial charge on any atom is 0.303 e. The van der Waals surface area contributed by atoms with Crippen LogP contribution in [0.4, 0.5) is 0 Å². The summed E-state index contributed by atoms with van der Waals surface area (Å²) < 4.78 is 10.2. The minimum Gasteiger partial charge on any atom is -0.508 e. The van der Waals surface area contributed by atoms with Gasteiger partial charge in [-0.2, -0.15) is 0 Å². The fraction of sp³-hybridized carbons (Fsp3) is 0.529. The Morgan fingerprint density at radius 1 is 1.04 bits per heavy atom. The third kappa shape index (κ3) is 7.05. The molecule has 0 fully saturated rings. The lowest BCUT2D eigenvalue weighted by Crippen LogP contribution is -2.09. The predicted molar refractivity (Wildman–Crippen MR) is 97.9 cm³/mol. The van der Waals surface area contributed by atoms with Crippen LogP contribution in [0.25, 0.3) is 0 Å². The fourth-order valence-electron chi connectivity index (χ4n) is 2.07. The van der Waals surface area contributed by atoms with Crippen LogP contribution in [0.3, 0.4) is 0 Å². The molecular weight excluding hydrogens is 348 g/mol. The highest BCUT2D eigenvalue weighted by molar-refractivity contribution is 7.99. The largest absolute Gasteiger partial charge is 0.508 e. The van der Waals surface area contributed by atoms with E-state index in [1.54, 1.807) is 13.0 Å². The number of ether oxygens (including phenoxy) is 2. The second kappa shape index (κ2) is 9.84. The number of benzene rings is 1. The molecule has 0 bridgehead atoms. The fourth-order valence-corrected chi connectivity index (χ4v) is 3.97. The lowest BCUT2D eigenvalue weighted by atomic mass is 10.0. The second-order valence-electron chi connectivity index (χ2n) is 5.32. The van der Waals surface area contributed by atoms with Crippen LogP contribution in [0.5, 0.6) is 5.75 Å². The normalized spacial score (nSPS) is 13.2. The zero-order valence-corrected chi connectivity index (χ0v) is 16.3. The molecule has 0 aromatic heterocycles. The Balaban J connectivity index is 2.73. The maximum atomic E-state index is 11.0. The Morgan fingerprint density at radius 2 is 1.54 bits per heavy atom. The summed E-state index contributed by atoms with van der Waals surface area (Å²) in [6.45, 7) is 8.36. The van der Waals surface area contributed by atoms with Gasteiger partial charge in [-0.1, -0.05) is 6.07 Å². The number of phenols is 1. The Bertz CT molecular complexity index is 589. The van der Waals surface area contributed by atoms with Gasteiger partial charge in [-0.05, 0) is 38.0 Å². The molecule has 7 heteroatoms. The topological polar surface area (TPSA) is 72.8 Å². The highest BCUT2D eigenvalue weighted by Crippen LogP contribution is 2.32. The van der Waals surface area contributed by atoms with Gasteiger partial charge in [0.1, 0.15) is 16.6 Å². The number of thioether (sulfide) groups is 2. The maximum absolute atomic E-state index is 11.0. The molecule has 1 aromatic rings. The van der Waals surface area contributed by atoms with Crippen LogP contribution in [0, 0.1) is 6.92 Å². The molecule has 2 atom stereocenters. The monoisotopic (exact) mass is 372 g/mol. The van der Waals surface area contributed by atoms with E-state index < -0.39 is 0 Å². The molecule has 0 saturated heterocycles. The number of aromatic hydroxyl groups is 1. The number of carbonyl (C=O) groups excluding carboxylic acids is 2. The van der Waals surface area contributed by atoms with Gasteiger partial charge in [0.15, 0.2) is 0 Å². The Morgan fingerprint density at radius 3 is 2.04 bits per heavy atom. The molecule has 5 nitrogen and oxygen atoms in total. The van der Waals surface area contributed by atoms with Gasteiger partial charge in [-0.15, -0.1) is 23.5 Å². The summed E-state index contributed by atoms with van der Waals surface area (Å²) in [6, 6.07) is 3.55. The molecule has 0 amide bonds. The van der Waals surface area contributed by atoms with Gasteiger partial charge in [-0.3, -0.25) is 9.59 Å². The molecule has 1 rings (SSSR count). The van der Waals surface area contributed by atoms with Crippen LogP contribution in [-0.2, 0) is 30.6 Å². The van der Waals surface area contributed by atoms with Crippen molar-refractivity contribution in [2.24, 2.45) is 0 Å². The highest BCUT2D eigenvalue weighted by Gasteiger charge is 2.14. The van der Waals surface area contributed by atoms with E-state index in [1.807, 2.05) is 19.9 Å². The van der Waals surface area contributed by atoms with Gasteiger partial charge in [0.25, 0.3) is 0 Å². The Labute approximate surface area is 151 Å². The third-order valence-electron chi connectivity index (χ3n) is 3.29. The van der Waals surface area contributed by atoms with Crippen molar-refractivity contribution in [1.82, 2.24) is 0 Å². The molecule has 0 heterocycles. The van der Waals surface area contributed by atoms with Gasteiger partial charge in [0, 0.05) is 30.9 Å². The number of carbonyl (C=O) groups is 2. The SMILES string of the molecule is CC(=O)OC(C)SCc1ccc(O)c(CSC(C)OC(C)=O)c1C. The number of hydrogen-bond donors (Lipinski definition) is 1. The number of hydrogen-bond acceptors (Lipinski definition) is 7. The molecule has 0 aliphatic carbocycles. The summed E-state index contributed by atoms with van der Waals surface area (Å²) in [7, 11) is 0. The van der Waals surface area contributed by atoms with Crippen molar-refractivity contribution in [2.45, 2.75) is 57.0 Å². The first-order chi connectivity index (χ1) is 11.2. The van der Waals surface area contributed by atoms with Crippen molar-refractivity contribution >= 4 is 35.5 Å². The van der Waals surface area contributed by atoms with Crippen LogP contribution in [0.1, 0.15) is 44.4 Å². The van der Waals surface area contributed by atoms with Gasteiger partial charge >= 0.3 is 11.9 Å². The molecule has 0 aliphatic heterocycles. The van der Waals surface area contributed by atoms with E-state index in [0.29, 0.717) is 11.5 Å². The van der Waals surface area contributed by atoms with Crippen molar-refractivity contribution in [3.8, 4) is 5.75 Å². The summed E-state index contributed by atoms with van der Waals surface area (Å²) in [5.74, 6) is 0.841. The average molecular weight is 373 g/mol. The number of esters is 2. The van der Waals surface area contributed by atoms with Crippen molar-refractivity contribution in [3.05, 3.63) is 28.8 Å². The summed E-state index contributed by atoms with van der Waals surface area (Å²) in [5, 5.41) is 10.1. The van der Waals surface area contributed by atoms with Gasteiger partial charge in [-0.25, -0.2) is 0 Å². The highest BCUT2D eigenvalue weighted by atomic mass is 32.2. The van der Waals surface area contributed by atoms with Gasteiger partial charge in [0.2, 0.25) is 0 Å². The van der Waals surface area contributed by atoms with Crippen LogP contribution in [0.2, 0.25) is 0 Å². The quantitative estimate of drug-likeness (QED) is 0.546. The smallest absolute Gasteiger partial charge is 0.303 e. The van der Waals surface area contributed by atoms with E-state index in [9.17, 15) is 14.7 Å². The third-order valence-corrected chi connectivity index (χ3v) is 5.35. The molecule has 2 unspecified atom stereocenters. The minimum absolute atomic E-state index is 0.225. The van der Waals surface area contributed by atoms with E-state index >= 15 is 0 Å². The summed E-state index contributed by atoms with van der Waals surface area (Å²) in [6.07, 6.45) is 0. The zero-order valence-electron chi connectivity index (χ0n) is 14.6. The molecule has 1 N–H and O–H groups in total. The first-order valence-corrected chi connectivity index (χ1v) is 9.68. The van der Waals surface area contributed by atoms with Crippen LogP contribution >= 0.6 is 23.5 Å². The first kappa shape index (κ1) is 20.7. The van der Waals surface area contributed by atoms with Gasteiger partial charge in [0.05, 0.1) is 0 Å². The molecule has 1 aromatic carbocycles. The van der Waals surface area contributed by atoms with Gasteiger partial charge < -0.3 is 14.6 Å². The number of phenolic OH excluding ortho intramolecular Hbond substituents is 1. The average Bonchev–Trinajstić information content (AvgIpc) is 2.44.